The number of rotatable bonds is 4. The molecule has 0 fully saturated rings. The summed E-state index contributed by atoms with van der Waals surface area (Å²) in [5.74, 6) is 0.929. The number of carbonyl (C=O) groups excluding carboxylic acids is 1. The van der Waals surface area contributed by atoms with Crippen LogP contribution in [-0.2, 0) is 11.2 Å². The van der Waals surface area contributed by atoms with Crippen LogP contribution in [-0.4, -0.2) is 12.9 Å². The second-order valence-corrected chi connectivity index (χ2v) is 9.06. The average Bonchev–Trinajstić information content (AvgIpc) is 3.01. The Balaban J connectivity index is 1.58. The Kier molecular flexibility index (Phi) is 5.86. The van der Waals surface area contributed by atoms with Crippen LogP contribution in [0.5, 0.6) is 5.75 Å². The first-order valence-electron chi connectivity index (χ1n) is 11.4. The summed E-state index contributed by atoms with van der Waals surface area (Å²) in [6.07, 6.45) is 2.28. The van der Waals surface area contributed by atoms with Crippen LogP contribution in [0.3, 0.4) is 0 Å². The third-order valence-corrected chi connectivity index (χ3v) is 6.97. The minimum absolute atomic E-state index is 0.153. The lowest BCUT2D eigenvalue weighted by Crippen LogP contribution is -2.26. The molecule has 2 unspecified atom stereocenters. The minimum Gasteiger partial charge on any atom is -0.495 e. The molecule has 3 aromatic carbocycles. The summed E-state index contributed by atoms with van der Waals surface area (Å²) in [6.45, 7) is 2.15. The van der Waals surface area contributed by atoms with Crippen molar-refractivity contribution in [3.8, 4) is 5.75 Å². The molecule has 5 heteroatoms. The van der Waals surface area contributed by atoms with Crippen molar-refractivity contribution in [2.45, 2.75) is 38.1 Å². The summed E-state index contributed by atoms with van der Waals surface area (Å²) in [7, 11) is 1.60. The molecule has 0 radical (unpaired) electrons. The predicted octanol–water partition coefficient (Wildman–Crippen LogP) is 6.89. The van der Waals surface area contributed by atoms with Crippen LogP contribution in [0.15, 0.2) is 78.0 Å². The Hall–Kier alpha value is -3.24. The first-order valence-corrected chi connectivity index (χ1v) is 11.8. The fraction of sp³-hybridized carbons (Fsp3) is 0.250. The maximum atomic E-state index is 13.6. The zero-order valence-corrected chi connectivity index (χ0v) is 19.6. The predicted molar refractivity (Wildman–Crippen MR) is 134 cm³/mol. The van der Waals surface area contributed by atoms with Gasteiger partial charge in [0.25, 0.3) is 0 Å². The van der Waals surface area contributed by atoms with E-state index in [1.165, 1.54) is 11.1 Å². The highest BCUT2D eigenvalue weighted by Crippen LogP contribution is 2.45. The van der Waals surface area contributed by atoms with Gasteiger partial charge in [0.2, 0.25) is 0 Å². The van der Waals surface area contributed by atoms with Crippen molar-refractivity contribution in [3.05, 3.63) is 99.7 Å². The van der Waals surface area contributed by atoms with Crippen LogP contribution in [0.25, 0.3) is 0 Å². The molecular formula is C28H27ClN2O2. The van der Waals surface area contributed by atoms with Gasteiger partial charge in [0, 0.05) is 17.7 Å². The van der Waals surface area contributed by atoms with Crippen molar-refractivity contribution in [3.63, 3.8) is 0 Å². The molecule has 0 aromatic heterocycles. The number of anilines is 2. The maximum Gasteiger partial charge on any atom is 0.163 e. The van der Waals surface area contributed by atoms with Crippen molar-refractivity contribution < 1.29 is 9.53 Å². The van der Waals surface area contributed by atoms with Gasteiger partial charge in [0.1, 0.15) is 5.75 Å². The van der Waals surface area contributed by atoms with Crippen LogP contribution in [0.2, 0.25) is 5.02 Å². The molecule has 0 amide bonds. The van der Waals surface area contributed by atoms with E-state index in [0.717, 1.165) is 41.1 Å². The Morgan fingerprint density at radius 3 is 2.39 bits per heavy atom. The molecule has 2 N–H and O–H groups in total. The van der Waals surface area contributed by atoms with Crippen LogP contribution in [0.4, 0.5) is 11.4 Å². The molecular weight excluding hydrogens is 432 g/mol. The molecule has 0 saturated heterocycles. The number of halogens is 1. The highest BCUT2D eigenvalue weighted by atomic mass is 35.5. The Bertz CT molecular complexity index is 1230. The lowest BCUT2D eigenvalue weighted by molar-refractivity contribution is -0.116. The molecule has 168 valence electrons. The smallest absolute Gasteiger partial charge is 0.163 e. The van der Waals surface area contributed by atoms with Gasteiger partial charge < -0.3 is 15.4 Å². The number of aryl methyl sites for hydroxylation is 1. The van der Waals surface area contributed by atoms with Crippen LogP contribution < -0.4 is 15.4 Å². The normalized spacial score (nSPS) is 19.7. The Morgan fingerprint density at radius 2 is 1.70 bits per heavy atom. The first-order chi connectivity index (χ1) is 16.1. The number of nitrogens with one attached hydrogen (secondary N) is 2. The molecule has 2 atom stereocenters. The number of allylic oxidation sites excluding steroid dienone is 1. The van der Waals surface area contributed by atoms with Gasteiger partial charge in [-0.05, 0) is 59.7 Å². The van der Waals surface area contributed by atoms with E-state index < -0.39 is 0 Å². The summed E-state index contributed by atoms with van der Waals surface area (Å²) in [5.41, 5.74) is 7.15. The number of ketones is 1. The number of carbonyl (C=O) groups is 1. The van der Waals surface area contributed by atoms with Crippen molar-refractivity contribution >= 4 is 28.8 Å². The summed E-state index contributed by atoms with van der Waals surface area (Å²) in [6, 6.07) is 22.2. The number of benzene rings is 3. The summed E-state index contributed by atoms with van der Waals surface area (Å²) >= 11 is 6.46. The summed E-state index contributed by atoms with van der Waals surface area (Å²) < 4.78 is 5.33. The highest BCUT2D eigenvalue weighted by molar-refractivity contribution is 6.32. The molecule has 4 nitrogen and oxygen atoms in total. The van der Waals surface area contributed by atoms with Gasteiger partial charge >= 0.3 is 0 Å². The van der Waals surface area contributed by atoms with Crippen LogP contribution >= 0.6 is 11.6 Å². The van der Waals surface area contributed by atoms with Crippen molar-refractivity contribution in [1.82, 2.24) is 0 Å². The van der Waals surface area contributed by atoms with Crippen molar-refractivity contribution in [2.24, 2.45) is 0 Å². The summed E-state index contributed by atoms with van der Waals surface area (Å²) in [5, 5.41) is 7.72. The first kappa shape index (κ1) is 21.6. The quantitative estimate of drug-likeness (QED) is 0.447. The highest BCUT2D eigenvalue weighted by Gasteiger charge is 2.36. The molecule has 0 saturated carbocycles. The molecule has 1 heterocycles. The zero-order chi connectivity index (χ0) is 22.9. The standard InChI is InChI=1S/C28H27ClN2O2/c1-3-17-8-10-18(11-9-17)20-15-24-27(25(32)16-20)28(19-12-13-26(33-2)21(29)14-19)31-23-7-5-4-6-22(23)30-24/h4-14,20,28,30-31H,3,15-16H2,1-2H3. The number of hydrogen-bond donors (Lipinski definition) is 2. The molecule has 0 spiro atoms. The zero-order valence-electron chi connectivity index (χ0n) is 18.8. The average molecular weight is 459 g/mol. The topological polar surface area (TPSA) is 50.4 Å². The van der Waals surface area contributed by atoms with Crippen LogP contribution in [0.1, 0.15) is 48.4 Å². The van der Waals surface area contributed by atoms with E-state index in [9.17, 15) is 4.79 Å². The van der Waals surface area contributed by atoms with E-state index in [1.54, 1.807) is 7.11 Å². The van der Waals surface area contributed by atoms with Gasteiger partial charge in [0.05, 0.1) is 29.5 Å². The van der Waals surface area contributed by atoms with E-state index in [2.05, 4.69) is 41.8 Å². The van der Waals surface area contributed by atoms with E-state index in [4.69, 9.17) is 16.3 Å². The van der Waals surface area contributed by atoms with Gasteiger partial charge in [-0.2, -0.15) is 0 Å². The number of Topliss-reactive ketones (excluding diaryl/α,β-unsaturated/α-hetero) is 1. The van der Waals surface area contributed by atoms with E-state index in [1.807, 2.05) is 42.5 Å². The number of fused-ring (bicyclic) bond motifs is 1. The SMILES string of the molecule is CCc1ccc(C2CC(=O)C3=C(C2)Nc2ccccc2NC3c2ccc(OC)c(Cl)c2)cc1. The number of hydrogen-bond acceptors (Lipinski definition) is 4. The number of para-hydroxylation sites is 2. The summed E-state index contributed by atoms with van der Waals surface area (Å²) in [4.78, 5) is 13.6. The molecule has 1 aliphatic carbocycles. The monoisotopic (exact) mass is 458 g/mol. The second-order valence-electron chi connectivity index (χ2n) is 8.66. The third kappa shape index (κ3) is 4.11. The van der Waals surface area contributed by atoms with Gasteiger partial charge in [0.15, 0.2) is 5.78 Å². The Morgan fingerprint density at radius 1 is 0.970 bits per heavy atom. The molecule has 5 rings (SSSR count). The fourth-order valence-electron chi connectivity index (χ4n) is 4.87. The fourth-order valence-corrected chi connectivity index (χ4v) is 5.13. The van der Waals surface area contributed by atoms with Crippen molar-refractivity contribution in [2.75, 3.05) is 17.7 Å². The van der Waals surface area contributed by atoms with Crippen LogP contribution in [0, 0.1) is 0 Å². The third-order valence-electron chi connectivity index (χ3n) is 6.68. The number of methoxy groups -OCH3 is 1. The van der Waals surface area contributed by atoms with E-state index in [0.29, 0.717) is 17.2 Å². The molecule has 1 aliphatic heterocycles. The van der Waals surface area contributed by atoms with E-state index in [-0.39, 0.29) is 17.7 Å². The molecule has 3 aromatic rings. The van der Waals surface area contributed by atoms with Gasteiger partial charge in [-0.15, -0.1) is 0 Å². The largest absolute Gasteiger partial charge is 0.495 e. The van der Waals surface area contributed by atoms with Gasteiger partial charge in [-0.3, -0.25) is 4.79 Å². The molecule has 2 aliphatic rings. The van der Waals surface area contributed by atoms with Crippen molar-refractivity contribution in [1.29, 1.82) is 0 Å². The van der Waals surface area contributed by atoms with Gasteiger partial charge in [-0.25, -0.2) is 0 Å². The lowest BCUT2D eigenvalue weighted by atomic mass is 9.78. The molecule has 33 heavy (non-hydrogen) atoms. The maximum absolute atomic E-state index is 13.6. The lowest BCUT2D eigenvalue weighted by Gasteiger charge is -2.30. The molecule has 0 bridgehead atoms. The number of ether oxygens (including phenoxy) is 1. The second kappa shape index (κ2) is 8.95. The van der Waals surface area contributed by atoms with E-state index >= 15 is 0 Å². The van der Waals surface area contributed by atoms with Gasteiger partial charge in [-0.1, -0.05) is 61.0 Å². The minimum atomic E-state index is -0.296. The Labute approximate surface area is 199 Å².